The second kappa shape index (κ2) is 8.33. The van der Waals surface area contributed by atoms with Crippen LogP contribution in [0.25, 0.3) is 0 Å². The van der Waals surface area contributed by atoms with Crippen molar-refractivity contribution < 1.29 is 14.3 Å². The van der Waals surface area contributed by atoms with E-state index in [1.165, 1.54) is 24.8 Å². The molecule has 2 fully saturated rings. The molecule has 4 heteroatoms. The van der Waals surface area contributed by atoms with E-state index in [1.54, 1.807) is 0 Å². The average Bonchev–Trinajstić information content (AvgIpc) is 2.61. The monoisotopic (exact) mass is 363 g/mol. The Balaban J connectivity index is 1.65. The molecule has 5 atom stereocenters. The van der Waals surface area contributed by atoms with Crippen molar-refractivity contribution in [1.82, 2.24) is 5.32 Å². The van der Waals surface area contributed by atoms with E-state index in [2.05, 4.69) is 39.1 Å². The van der Waals surface area contributed by atoms with E-state index in [9.17, 15) is 4.79 Å². The summed E-state index contributed by atoms with van der Waals surface area (Å²) in [7, 11) is 0. The summed E-state index contributed by atoms with van der Waals surface area (Å²) >= 11 is 0. The maximum atomic E-state index is 12.4. The summed E-state index contributed by atoms with van der Waals surface area (Å²) in [5, 5.41) is 3.08. The normalized spacial score (nSPS) is 37.8. The van der Waals surface area contributed by atoms with Gasteiger partial charge in [-0.05, 0) is 38.0 Å². The van der Waals surface area contributed by atoms with Crippen molar-refractivity contribution in [2.45, 2.75) is 84.8 Å². The molecule has 1 amide bonds. The summed E-state index contributed by atoms with van der Waals surface area (Å²) in [5.74, 6) is 1.28. The van der Waals surface area contributed by atoms with E-state index in [0.29, 0.717) is 43.1 Å². The number of alkyl carbamates (subject to hydrolysis) is 1. The second-order valence-electron chi connectivity index (χ2n) is 8.94. The summed E-state index contributed by atoms with van der Waals surface area (Å²) < 4.78 is 12.1. The largest absolute Gasteiger partial charge is 0.449 e. The minimum Gasteiger partial charge on any atom is -0.449 e. The van der Waals surface area contributed by atoms with Crippen molar-refractivity contribution in [1.29, 1.82) is 0 Å². The van der Waals surface area contributed by atoms with Crippen LogP contribution >= 0.6 is 0 Å². The number of nitrogens with one attached hydrogen (secondary N) is 1. The molecule has 0 aromatic heterocycles. The molecule has 3 rings (SSSR count). The van der Waals surface area contributed by atoms with Gasteiger partial charge in [0.2, 0.25) is 0 Å². The zero-order valence-electron chi connectivity index (χ0n) is 17.1. The molecule has 1 saturated carbocycles. The first kappa shape index (κ1) is 19.7. The first-order valence-corrected chi connectivity index (χ1v) is 10.7. The first-order chi connectivity index (χ1) is 12.5. The van der Waals surface area contributed by atoms with Gasteiger partial charge in [0.1, 0.15) is 6.61 Å². The van der Waals surface area contributed by atoms with Crippen molar-refractivity contribution in [3.8, 4) is 0 Å². The maximum Gasteiger partial charge on any atom is 0.407 e. The van der Waals surface area contributed by atoms with Crippen LogP contribution in [0, 0.1) is 23.2 Å². The fourth-order valence-electron chi connectivity index (χ4n) is 5.59. The number of rotatable bonds is 5. The lowest BCUT2D eigenvalue weighted by atomic mass is 9.56. The van der Waals surface area contributed by atoms with E-state index in [0.717, 1.165) is 25.7 Å². The van der Waals surface area contributed by atoms with Gasteiger partial charge < -0.3 is 14.8 Å². The predicted molar refractivity (Wildman–Crippen MR) is 104 cm³/mol. The van der Waals surface area contributed by atoms with Gasteiger partial charge >= 0.3 is 6.09 Å². The van der Waals surface area contributed by atoms with Crippen LogP contribution in [0.15, 0.2) is 11.6 Å². The Morgan fingerprint density at radius 3 is 2.73 bits per heavy atom. The molecule has 1 N–H and O–H groups in total. The predicted octanol–water partition coefficient (Wildman–Crippen LogP) is 5.08. The van der Waals surface area contributed by atoms with Crippen LogP contribution in [0.3, 0.4) is 0 Å². The van der Waals surface area contributed by atoms with Crippen LogP contribution in [-0.2, 0) is 9.47 Å². The third kappa shape index (κ3) is 3.81. The highest BCUT2D eigenvalue weighted by atomic mass is 16.6. The molecule has 1 saturated heterocycles. The minimum atomic E-state index is -0.246. The number of hydrogen-bond donors (Lipinski definition) is 1. The number of allylic oxidation sites excluding steroid dienone is 1. The summed E-state index contributed by atoms with van der Waals surface area (Å²) in [5.41, 5.74) is 1.35. The van der Waals surface area contributed by atoms with Crippen LogP contribution in [0.4, 0.5) is 4.79 Å². The Hall–Kier alpha value is -1.03. The molecule has 1 heterocycles. The molecule has 0 spiro atoms. The lowest BCUT2D eigenvalue weighted by molar-refractivity contribution is -0.164. The quantitative estimate of drug-likeness (QED) is 0.693. The molecule has 0 radical (unpaired) electrons. The van der Waals surface area contributed by atoms with Crippen molar-refractivity contribution in [3.05, 3.63) is 11.6 Å². The highest BCUT2D eigenvalue weighted by Crippen LogP contribution is 2.53. The van der Waals surface area contributed by atoms with Crippen LogP contribution in [0.2, 0.25) is 0 Å². The van der Waals surface area contributed by atoms with Crippen LogP contribution < -0.4 is 5.32 Å². The topological polar surface area (TPSA) is 47.6 Å². The molecular weight excluding hydrogens is 326 g/mol. The fraction of sp³-hybridized carbons (Fsp3) is 0.864. The van der Waals surface area contributed by atoms with E-state index in [4.69, 9.17) is 9.47 Å². The minimum absolute atomic E-state index is 0.0989. The molecule has 2 bridgehead atoms. The van der Waals surface area contributed by atoms with Gasteiger partial charge in [0.15, 0.2) is 0 Å². The Kier molecular flexibility index (Phi) is 6.32. The molecule has 0 aromatic carbocycles. The Morgan fingerprint density at radius 2 is 2.04 bits per heavy atom. The highest BCUT2D eigenvalue weighted by molar-refractivity contribution is 5.67. The molecule has 3 aliphatic rings. The van der Waals surface area contributed by atoms with Crippen molar-refractivity contribution in [2.24, 2.45) is 23.2 Å². The first-order valence-electron chi connectivity index (χ1n) is 10.7. The third-order valence-corrected chi connectivity index (χ3v) is 7.33. The number of carbonyl (C=O) groups excluding carboxylic acids is 1. The lowest BCUT2D eigenvalue weighted by Crippen LogP contribution is -2.57. The van der Waals surface area contributed by atoms with Crippen molar-refractivity contribution in [2.75, 3.05) is 13.2 Å². The average molecular weight is 364 g/mol. The summed E-state index contributed by atoms with van der Waals surface area (Å²) in [6, 6.07) is 0.293. The van der Waals surface area contributed by atoms with Crippen LogP contribution in [0.5, 0.6) is 0 Å². The van der Waals surface area contributed by atoms with Gasteiger partial charge in [-0.25, -0.2) is 4.79 Å². The van der Waals surface area contributed by atoms with E-state index < -0.39 is 0 Å². The van der Waals surface area contributed by atoms with E-state index in [-0.39, 0.29) is 11.5 Å². The Morgan fingerprint density at radius 1 is 1.31 bits per heavy atom. The number of ether oxygens (including phenoxy) is 2. The fourth-order valence-corrected chi connectivity index (χ4v) is 5.59. The lowest BCUT2D eigenvalue weighted by Gasteiger charge is -2.55. The van der Waals surface area contributed by atoms with Crippen molar-refractivity contribution in [3.63, 3.8) is 0 Å². The summed E-state index contributed by atoms with van der Waals surface area (Å²) in [4.78, 5) is 12.4. The third-order valence-electron chi connectivity index (χ3n) is 7.33. The highest BCUT2D eigenvalue weighted by Gasteiger charge is 2.53. The maximum absolute atomic E-state index is 12.4. The number of amides is 1. The smallest absolute Gasteiger partial charge is 0.407 e. The van der Waals surface area contributed by atoms with E-state index in [1.807, 2.05) is 0 Å². The van der Waals surface area contributed by atoms with Crippen LogP contribution in [-0.4, -0.2) is 31.5 Å². The van der Waals surface area contributed by atoms with Gasteiger partial charge in [-0.15, -0.1) is 0 Å². The van der Waals surface area contributed by atoms with Gasteiger partial charge in [-0.2, -0.15) is 0 Å². The Bertz CT molecular complexity index is 525. The molecule has 4 nitrogen and oxygen atoms in total. The van der Waals surface area contributed by atoms with Crippen molar-refractivity contribution >= 4 is 6.09 Å². The molecule has 1 aliphatic heterocycles. The molecule has 26 heavy (non-hydrogen) atoms. The van der Waals surface area contributed by atoms with Crippen LogP contribution in [0.1, 0.15) is 72.6 Å². The number of carbonyl (C=O) groups is 1. The molecule has 0 unspecified atom stereocenters. The zero-order chi connectivity index (χ0) is 18.7. The van der Waals surface area contributed by atoms with E-state index >= 15 is 0 Å². The summed E-state index contributed by atoms with van der Waals surface area (Å²) in [6.07, 6.45) is 10.6. The number of fused-ring (bicyclic) bond motifs is 2. The van der Waals surface area contributed by atoms with Gasteiger partial charge in [-0.3, -0.25) is 0 Å². The zero-order valence-corrected chi connectivity index (χ0v) is 17.1. The van der Waals surface area contributed by atoms with Gasteiger partial charge in [-0.1, -0.05) is 58.1 Å². The van der Waals surface area contributed by atoms with Gasteiger partial charge in [0.05, 0.1) is 12.7 Å². The molecule has 148 valence electrons. The summed E-state index contributed by atoms with van der Waals surface area (Å²) in [6.45, 7) is 10.2. The van der Waals surface area contributed by atoms with Gasteiger partial charge in [0, 0.05) is 17.4 Å². The number of hydrogen-bond acceptors (Lipinski definition) is 3. The SMILES string of the molecule is CCC[C@@H]1OC[C@@]2(COC(=O)NC3CCCCC3)[C@H](C)C=C(C)[C@H]1[C@H]2C. The molecule has 0 aromatic rings. The molecule has 2 aliphatic carbocycles. The van der Waals surface area contributed by atoms with Gasteiger partial charge in [0.25, 0.3) is 0 Å². The standard InChI is InChI=1S/C22H37NO3/c1-5-9-19-20-15(2)12-16(3)22(13-25-19,17(20)4)14-26-21(24)23-18-10-7-6-8-11-18/h12,16-20H,5-11,13-14H2,1-4H3,(H,23,24)/t16-,17-,19+,20+,22-/m1/s1. The Labute approximate surface area is 159 Å². The molecular formula is C22H37NO3. The second-order valence-corrected chi connectivity index (χ2v) is 8.94.